The molecule has 0 spiro atoms. The van der Waals surface area contributed by atoms with Crippen LogP contribution in [0.2, 0.25) is 5.02 Å². The third kappa shape index (κ3) is 4.26. The van der Waals surface area contributed by atoms with Gasteiger partial charge in [-0.05, 0) is 6.07 Å². The molecule has 2 N–H and O–H groups in total. The minimum atomic E-state index is -4.70. The number of nitrogens with one attached hydrogen (secondary N) is 2. The van der Waals surface area contributed by atoms with Crippen molar-refractivity contribution in [2.45, 2.75) is 19.6 Å². The van der Waals surface area contributed by atoms with Gasteiger partial charge < -0.3 is 4.57 Å². The summed E-state index contributed by atoms with van der Waals surface area (Å²) in [5.74, 6) is -1.45. The van der Waals surface area contributed by atoms with Gasteiger partial charge >= 0.3 is 6.18 Å². The number of rotatable bonds is 2. The van der Waals surface area contributed by atoms with Gasteiger partial charge in [0.1, 0.15) is 11.6 Å². The van der Waals surface area contributed by atoms with Crippen molar-refractivity contribution in [3.05, 3.63) is 33.2 Å². The van der Waals surface area contributed by atoms with Crippen molar-refractivity contribution >= 4 is 23.4 Å². The molecule has 6 nitrogen and oxygen atoms in total. The van der Waals surface area contributed by atoms with E-state index in [2.05, 4.69) is 0 Å². The molecular formula is C10H9ClF3N3O3. The summed E-state index contributed by atoms with van der Waals surface area (Å²) in [7, 11) is 0. The fraction of sp³-hybridized carbons (Fsp3) is 0.300. The zero-order chi connectivity index (χ0) is 15.5. The molecule has 0 radical (unpaired) electrons. The van der Waals surface area contributed by atoms with Crippen LogP contribution >= 0.6 is 11.6 Å². The van der Waals surface area contributed by atoms with Gasteiger partial charge in [-0.3, -0.25) is 25.2 Å². The summed E-state index contributed by atoms with van der Waals surface area (Å²) in [6, 6.07) is 0.478. The summed E-state index contributed by atoms with van der Waals surface area (Å²) in [5.41, 5.74) is 1.74. The van der Waals surface area contributed by atoms with Crippen LogP contribution in [-0.4, -0.2) is 16.4 Å². The van der Waals surface area contributed by atoms with Gasteiger partial charge in [0.2, 0.25) is 5.91 Å². The summed E-state index contributed by atoms with van der Waals surface area (Å²) < 4.78 is 38.1. The molecule has 0 bridgehead atoms. The summed E-state index contributed by atoms with van der Waals surface area (Å²) in [4.78, 5) is 33.4. The lowest BCUT2D eigenvalue weighted by Crippen LogP contribution is -2.43. The normalized spacial score (nSPS) is 11.1. The van der Waals surface area contributed by atoms with E-state index in [0.29, 0.717) is 16.8 Å². The van der Waals surface area contributed by atoms with Gasteiger partial charge in [0, 0.05) is 13.1 Å². The van der Waals surface area contributed by atoms with E-state index < -0.39 is 40.7 Å². The average molecular weight is 312 g/mol. The number of nitrogens with zero attached hydrogens (tertiary/aromatic N) is 1. The highest BCUT2D eigenvalue weighted by Crippen LogP contribution is 2.29. The van der Waals surface area contributed by atoms with Crippen LogP contribution in [0.15, 0.2) is 17.1 Å². The third-order valence-electron chi connectivity index (χ3n) is 2.06. The van der Waals surface area contributed by atoms with Gasteiger partial charge in [0.05, 0.1) is 5.56 Å². The molecule has 20 heavy (non-hydrogen) atoms. The number of hydrogen-bond acceptors (Lipinski definition) is 3. The minimum absolute atomic E-state index is 0.474. The standard InChI is InChI=1S/C10H9ClF3N3O3/c1-5(18)15-16-8(19)4-17-3-6(10(12,13)14)2-7(11)9(17)20/h2-3H,4H2,1H3,(H,15,18)(H,16,19). The van der Waals surface area contributed by atoms with E-state index in [9.17, 15) is 27.6 Å². The van der Waals surface area contributed by atoms with Crippen LogP contribution in [-0.2, 0) is 22.3 Å². The monoisotopic (exact) mass is 311 g/mol. The van der Waals surface area contributed by atoms with E-state index in [0.717, 1.165) is 6.92 Å². The van der Waals surface area contributed by atoms with Gasteiger partial charge in [-0.2, -0.15) is 13.2 Å². The van der Waals surface area contributed by atoms with Crippen molar-refractivity contribution in [1.29, 1.82) is 0 Å². The minimum Gasteiger partial charge on any atom is -0.304 e. The van der Waals surface area contributed by atoms with Crippen LogP contribution in [0.5, 0.6) is 0 Å². The quantitative estimate of drug-likeness (QED) is 0.789. The van der Waals surface area contributed by atoms with Crippen molar-refractivity contribution in [2.24, 2.45) is 0 Å². The first-order chi connectivity index (χ1) is 9.11. The van der Waals surface area contributed by atoms with E-state index in [1.54, 1.807) is 0 Å². The maximum Gasteiger partial charge on any atom is 0.417 e. The van der Waals surface area contributed by atoms with Crippen molar-refractivity contribution in [2.75, 3.05) is 0 Å². The maximum atomic E-state index is 12.5. The fourth-order valence-electron chi connectivity index (χ4n) is 1.22. The van der Waals surface area contributed by atoms with Gasteiger partial charge in [-0.25, -0.2) is 0 Å². The maximum absolute atomic E-state index is 12.5. The van der Waals surface area contributed by atoms with E-state index in [1.165, 1.54) is 0 Å². The molecule has 0 aliphatic heterocycles. The molecule has 0 atom stereocenters. The number of carbonyl (C=O) groups excluding carboxylic acids is 2. The molecule has 2 amide bonds. The lowest BCUT2D eigenvalue weighted by Gasteiger charge is -2.12. The summed E-state index contributed by atoms with van der Waals surface area (Å²) in [6.45, 7) is 0.399. The first kappa shape index (κ1) is 16.0. The molecule has 0 saturated carbocycles. The van der Waals surface area contributed by atoms with Crippen LogP contribution in [0.1, 0.15) is 12.5 Å². The van der Waals surface area contributed by atoms with E-state index in [-0.39, 0.29) is 0 Å². The van der Waals surface area contributed by atoms with Gasteiger partial charge in [-0.15, -0.1) is 0 Å². The Bertz CT molecular complexity index is 598. The second-order valence-corrected chi connectivity index (χ2v) is 4.14. The number of carbonyl (C=O) groups is 2. The molecule has 0 fully saturated rings. The lowest BCUT2D eigenvalue weighted by atomic mass is 10.2. The first-order valence-electron chi connectivity index (χ1n) is 5.14. The SMILES string of the molecule is CC(=O)NNC(=O)Cn1cc(C(F)(F)F)cc(Cl)c1=O. The van der Waals surface area contributed by atoms with Crippen molar-refractivity contribution in [3.8, 4) is 0 Å². The van der Waals surface area contributed by atoms with Gasteiger partial charge in [-0.1, -0.05) is 11.6 Å². The first-order valence-corrected chi connectivity index (χ1v) is 5.51. The number of alkyl halides is 3. The van der Waals surface area contributed by atoms with Crippen molar-refractivity contribution < 1.29 is 22.8 Å². The van der Waals surface area contributed by atoms with Crippen molar-refractivity contribution in [1.82, 2.24) is 15.4 Å². The Morgan fingerprint density at radius 1 is 1.35 bits per heavy atom. The molecule has 1 aromatic heterocycles. The largest absolute Gasteiger partial charge is 0.417 e. The predicted octanol–water partition coefficient (Wildman–Crippen LogP) is 0.688. The highest BCUT2D eigenvalue weighted by atomic mass is 35.5. The van der Waals surface area contributed by atoms with Crippen LogP contribution in [0, 0.1) is 0 Å². The third-order valence-corrected chi connectivity index (χ3v) is 2.33. The topological polar surface area (TPSA) is 80.2 Å². The summed E-state index contributed by atoms with van der Waals surface area (Å²) in [5, 5.41) is -0.660. The number of hydrogen-bond donors (Lipinski definition) is 2. The fourth-order valence-corrected chi connectivity index (χ4v) is 1.45. The predicted molar refractivity (Wildman–Crippen MR) is 62.7 cm³/mol. The van der Waals surface area contributed by atoms with E-state index in [4.69, 9.17) is 11.6 Å². The van der Waals surface area contributed by atoms with Crippen LogP contribution in [0.4, 0.5) is 13.2 Å². The number of halogens is 4. The Balaban J connectivity index is 3.00. The highest BCUT2D eigenvalue weighted by molar-refractivity contribution is 6.30. The molecule has 110 valence electrons. The number of hydrazine groups is 1. The number of aromatic nitrogens is 1. The molecule has 10 heteroatoms. The van der Waals surface area contributed by atoms with Gasteiger partial charge in [0.25, 0.3) is 11.5 Å². The molecule has 0 unspecified atom stereocenters. The Kier molecular flexibility index (Phi) is 4.77. The molecule has 0 aliphatic rings. The Hall–Kier alpha value is -2.03. The van der Waals surface area contributed by atoms with E-state index >= 15 is 0 Å². The van der Waals surface area contributed by atoms with Crippen LogP contribution < -0.4 is 16.4 Å². The Labute approximate surface area is 115 Å². The molecular weight excluding hydrogens is 303 g/mol. The lowest BCUT2D eigenvalue weighted by molar-refractivity contribution is -0.138. The average Bonchev–Trinajstić information content (AvgIpc) is 2.30. The molecule has 0 aliphatic carbocycles. The molecule has 0 aromatic carbocycles. The van der Waals surface area contributed by atoms with Crippen LogP contribution in [0.3, 0.4) is 0 Å². The summed E-state index contributed by atoms with van der Waals surface area (Å²) >= 11 is 5.40. The Morgan fingerprint density at radius 3 is 2.45 bits per heavy atom. The van der Waals surface area contributed by atoms with E-state index in [1.807, 2.05) is 10.9 Å². The zero-order valence-corrected chi connectivity index (χ0v) is 10.8. The smallest absolute Gasteiger partial charge is 0.304 e. The molecule has 1 heterocycles. The second-order valence-electron chi connectivity index (χ2n) is 3.74. The second kappa shape index (κ2) is 5.95. The molecule has 1 rings (SSSR count). The van der Waals surface area contributed by atoms with Crippen molar-refractivity contribution in [3.63, 3.8) is 0 Å². The zero-order valence-electron chi connectivity index (χ0n) is 10.0. The number of pyridine rings is 1. The Morgan fingerprint density at radius 2 is 1.95 bits per heavy atom. The highest BCUT2D eigenvalue weighted by Gasteiger charge is 2.32. The van der Waals surface area contributed by atoms with Crippen LogP contribution in [0.25, 0.3) is 0 Å². The molecule has 1 aromatic rings. The van der Waals surface area contributed by atoms with Gasteiger partial charge in [0.15, 0.2) is 0 Å². The number of amides is 2. The molecule has 0 saturated heterocycles. The summed E-state index contributed by atoms with van der Waals surface area (Å²) in [6.07, 6.45) is -4.23.